The molecule has 0 N–H and O–H groups in total. The Morgan fingerprint density at radius 3 is 2.60 bits per heavy atom. The predicted molar refractivity (Wildman–Crippen MR) is 65.6 cm³/mol. The fourth-order valence-electron chi connectivity index (χ4n) is 1.86. The van der Waals surface area contributed by atoms with Gasteiger partial charge in [0, 0.05) is 16.6 Å². The summed E-state index contributed by atoms with van der Waals surface area (Å²) >= 11 is 6.08. The molecule has 0 radical (unpaired) electrons. The lowest BCUT2D eigenvalue weighted by Crippen LogP contribution is -1.93. The van der Waals surface area contributed by atoms with Crippen molar-refractivity contribution in [1.29, 1.82) is 0 Å². The molecule has 0 saturated carbocycles. The molecular formula is C13H14ClN. The van der Waals surface area contributed by atoms with E-state index >= 15 is 0 Å². The van der Waals surface area contributed by atoms with Gasteiger partial charge in [0.1, 0.15) is 0 Å². The van der Waals surface area contributed by atoms with Gasteiger partial charge in [0.2, 0.25) is 0 Å². The Labute approximate surface area is 95.1 Å². The van der Waals surface area contributed by atoms with Crippen molar-refractivity contribution in [2.75, 3.05) is 0 Å². The highest BCUT2D eigenvalue weighted by atomic mass is 35.5. The van der Waals surface area contributed by atoms with E-state index in [4.69, 9.17) is 11.6 Å². The number of nitrogens with zero attached hydrogens (tertiary/aromatic N) is 1. The van der Waals surface area contributed by atoms with Gasteiger partial charge in [0.15, 0.2) is 0 Å². The molecule has 78 valence electrons. The van der Waals surface area contributed by atoms with Crippen molar-refractivity contribution in [3.8, 4) is 0 Å². The monoisotopic (exact) mass is 219 g/mol. The number of hydrogen-bond donors (Lipinski definition) is 0. The summed E-state index contributed by atoms with van der Waals surface area (Å²) < 4.78 is 0. The maximum atomic E-state index is 6.08. The standard InChI is InChI=1S/C13H14ClN/c1-8(2)10-6-7-15-13-9(3)12(14)5-4-11(10)13/h4-8H,1-3H3. The van der Waals surface area contributed by atoms with Gasteiger partial charge in [0.05, 0.1) is 5.52 Å². The summed E-state index contributed by atoms with van der Waals surface area (Å²) in [5.74, 6) is 0.510. The topological polar surface area (TPSA) is 12.9 Å². The minimum absolute atomic E-state index is 0.510. The van der Waals surface area contributed by atoms with E-state index in [0.29, 0.717) is 5.92 Å². The minimum atomic E-state index is 0.510. The first-order valence-corrected chi connectivity index (χ1v) is 5.52. The SMILES string of the molecule is Cc1c(Cl)ccc2c(C(C)C)ccnc12. The van der Waals surface area contributed by atoms with Gasteiger partial charge in [-0.1, -0.05) is 31.5 Å². The van der Waals surface area contributed by atoms with E-state index in [9.17, 15) is 0 Å². The van der Waals surface area contributed by atoms with E-state index in [0.717, 1.165) is 16.1 Å². The van der Waals surface area contributed by atoms with E-state index in [1.165, 1.54) is 10.9 Å². The Bertz CT molecular complexity index is 503. The largest absolute Gasteiger partial charge is 0.256 e. The second-order valence-corrected chi connectivity index (χ2v) is 4.53. The molecule has 0 unspecified atom stereocenters. The van der Waals surface area contributed by atoms with Crippen LogP contribution >= 0.6 is 11.6 Å². The minimum Gasteiger partial charge on any atom is -0.256 e. The highest BCUT2D eigenvalue weighted by molar-refractivity contribution is 6.32. The zero-order valence-corrected chi connectivity index (χ0v) is 9.97. The lowest BCUT2D eigenvalue weighted by Gasteiger charge is -2.11. The van der Waals surface area contributed by atoms with Crippen LogP contribution in [-0.4, -0.2) is 4.98 Å². The van der Waals surface area contributed by atoms with Crippen molar-refractivity contribution >= 4 is 22.5 Å². The molecule has 15 heavy (non-hydrogen) atoms. The van der Waals surface area contributed by atoms with Crippen LogP contribution in [0.3, 0.4) is 0 Å². The summed E-state index contributed by atoms with van der Waals surface area (Å²) in [6, 6.07) is 6.10. The fraction of sp³-hybridized carbons (Fsp3) is 0.308. The van der Waals surface area contributed by atoms with Gasteiger partial charge in [0.25, 0.3) is 0 Å². The average Bonchev–Trinajstić information content (AvgIpc) is 2.23. The molecule has 0 atom stereocenters. The van der Waals surface area contributed by atoms with E-state index < -0.39 is 0 Å². The van der Waals surface area contributed by atoms with Crippen molar-refractivity contribution in [3.05, 3.63) is 40.5 Å². The maximum Gasteiger partial charge on any atom is 0.0748 e. The van der Waals surface area contributed by atoms with Gasteiger partial charge in [-0.2, -0.15) is 0 Å². The predicted octanol–water partition coefficient (Wildman–Crippen LogP) is 4.32. The third-order valence-electron chi connectivity index (χ3n) is 2.76. The Balaban J connectivity index is 2.83. The number of hydrogen-bond acceptors (Lipinski definition) is 1. The lowest BCUT2D eigenvalue weighted by molar-refractivity contribution is 0.874. The van der Waals surface area contributed by atoms with Crippen molar-refractivity contribution in [1.82, 2.24) is 4.98 Å². The first kappa shape index (κ1) is 10.4. The summed E-state index contributed by atoms with van der Waals surface area (Å²) in [4.78, 5) is 4.40. The first-order valence-electron chi connectivity index (χ1n) is 5.15. The van der Waals surface area contributed by atoms with Crippen molar-refractivity contribution < 1.29 is 0 Å². The van der Waals surface area contributed by atoms with Gasteiger partial charge < -0.3 is 0 Å². The molecule has 1 aromatic heterocycles. The number of aromatic nitrogens is 1. The molecule has 1 nitrogen and oxygen atoms in total. The number of rotatable bonds is 1. The van der Waals surface area contributed by atoms with Crippen LogP contribution in [0.2, 0.25) is 5.02 Å². The molecule has 0 amide bonds. The zero-order valence-electron chi connectivity index (χ0n) is 9.21. The first-order chi connectivity index (χ1) is 7.11. The quantitative estimate of drug-likeness (QED) is 0.696. The van der Waals surface area contributed by atoms with Crippen LogP contribution in [0.1, 0.15) is 30.9 Å². The lowest BCUT2D eigenvalue weighted by atomic mass is 9.98. The Morgan fingerprint density at radius 1 is 1.20 bits per heavy atom. The van der Waals surface area contributed by atoms with E-state index in [2.05, 4.69) is 31.0 Å². The van der Waals surface area contributed by atoms with E-state index in [1.807, 2.05) is 19.2 Å². The molecule has 2 rings (SSSR count). The molecular weight excluding hydrogens is 206 g/mol. The van der Waals surface area contributed by atoms with Crippen LogP contribution in [0.5, 0.6) is 0 Å². The smallest absolute Gasteiger partial charge is 0.0748 e. The Morgan fingerprint density at radius 2 is 1.93 bits per heavy atom. The molecule has 0 bridgehead atoms. The van der Waals surface area contributed by atoms with Gasteiger partial charge in [-0.25, -0.2) is 0 Å². The third kappa shape index (κ3) is 1.72. The van der Waals surface area contributed by atoms with Crippen LogP contribution in [0.25, 0.3) is 10.9 Å². The van der Waals surface area contributed by atoms with E-state index in [-0.39, 0.29) is 0 Å². The normalized spacial score (nSPS) is 11.3. The number of pyridine rings is 1. The van der Waals surface area contributed by atoms with Crippen molar-refractivity contribution in [2.45, 2.75) is 26.7 Å². The van der Waals surface area contributed by atoms with Gasteiger partial charge in [-0.3, -0.25) is 4.98 Å². The number of halogens is 1. The summed E-state index contributed by atoms with van der Waals surface area (Å²) in [6.07, 6.45) is 1.86. The fourth-order valence-corrected chi connectivity index (χ4v) is 2.01. The Kier molecular flexibility index (Phi) is 2.66. The zero-order chi connectivity index (χ0) is 11.0. The molecule has 1 aromatic carbocycles. The van der Waals surface area contributed by atoms with Crippen LogP contribution in [0, 0.1) is 6.92 Å². The molecule has 0 fully saturated rings. The molecule has 2 heteroatoms. The average molecular weight is 220 g/mol. The molecule has 0 saturated heterocycles. The van der Waals surface area contributed by atoms with Crippen molar-refractivity contribution in [3.63, 3.8) is 0 Å². The molecule has 2 aromatic rings. The van der Waals surface area contributed by atoms with Crippen molar-refractivity contribution in [2.24, 2.45) is 0 Å². The molecule has 1 heterocycles. The molecule has 0 aliphatic rings. The van der Waals surface area contributed by atoms with Crippen LogP contribution < -0.4 is 0 Å². The van der Waals surface area contributed by atoms with Gasteiger partial charge in [-0.05, 0) is 36.1 Å². The Hall–Kier alpha value is -1.08. The molecule has 0 aliphatic heterocycles. The van der Waals surface area contributed by atoms with E-state index in [1.54, 1.807) is 0 Å². The second-order valence-electron chi connectivity index (χ2n) is 4.12. The maximum absolute atomic E-state index is 6.08. The number of benzene rings is 1. The third-order valence-corrected chi connectivity index (χ3v) is 3.17. The van der Waals surface area contributed by atoms with Gasteiger partial charge in [-0.15, -0.1) is 0 Å². The van der Waals surface area contributed by atoms with Gasteiger partial charge >= 0.3 is 0 Å². The summed E-state index contributed by atoms with van der Waals surface area (Å²) in [5.41, 5.74) is 3.42. The van der Waals surface area contributed by atoms with Crippen LogP contribution in [-0.2, 0) is 0 Å². The number of aryl methyl sites for hydroxylation is 1. The number of fused-ring (bicyclic) bond motifs is 1. The summed E-state index contributed by atoms with van der Waals surface area (Å²) in [5, 5.41) is 2.00. The van der Waals surface area contributed by atoms with Crippen LogP contribution in [0.4, 0.5) is 0 Å². The van der Waals surface area contributed by atoms with Crippen LogP contribution in [0.15, 0.2) is 24.4 Å². The summed E-state index contributed by atoms with van der Waals surface area (Å²) in [7, 11) is 0. The highest BCUT2D eigenvalue weighted by Gasteiger charge is 2.08. The molecule has 0 spiro atoms. The molecule has 0 aliphatic carbocycles. The highest BCUT2D eigenvalue weighted by Crippen LogP contribution is 2.29. The second kappa shape index (κ2) is 3.82. The summed E-state index contributed by atoms with van der Waals surface area (Å²) in [6.45, 7) is 6.40.